The number of rotatable bonds is 5. The number of hydrogen-bond acceptors (Lipinski definition) is 4. The van der Waals surface area contributed by atoms with Crippen molar-refractivity contribution < 1.29 is 14.3 Å². The molecule has 2 rings (SSSR count). The summed E-state index contributed by atoms with van der Waals surface area (Å²) in [5.74, 6) is -0.358. The lowest BCUT2D eigenvalue weighted by atomic mass is 9.91. The molecule has 0 radical (unpaired) electrons. The van der Waals surface area contributed by atoms with Crippen LogP contribution in [-0.2, 0) is 19.8 Å². The minimum absolute atomic E-state index is 0.140. The fraction of sp³-hybridized carbons (Fsp3) is 0.533. The molecule has 5 heteroatoms. The average Bonchev–Trinajstić information content (AvgIpc) is 2.97. The second kappa shape index (κ2) is 6.57. The molecule has 1 aliphatic heterocycles. The number of carbonyl (C=O) groups is 1. The molecule has 0 amide bonds. The lowest BCUT2D eigenvalue weighted by molar-refractivity contribution is -0.148. The van der Waals surface area contributed by atoms with E-state index in [1.807, 2.05) is 18.2 Å². The lowest BCUT2D eigenvalue weighted by Crippen LogP contribution is -2.50. The SMILES string of the molecule is COC(=O)C(C)(NCC1CCCO1)c1ccccc1Cl. The van der Waals surface area contributed by atoms with Gasteiger partial charge in [-0.05, 0) is 25.8 Å². The largest absolute Gasteiger partial charge is 0.467 e. The van der Waals surface area contributed by atoms with Gasteiger partial charge in [0.2, 0.25) is 0 Å². The van der Waals surface area contributed by atoms with Crippen molar-refractivity contribution in [1.29, 1.82) is 0 Å². The third-order valence-corrected chi connectivity index (χ3v) is 4.04. The molecule has 1 heterocycles. The molecule has 2 atom stereocenters. The van der Waals surface area contributed by atoms with Gasteiger partial charge in [0.15, 0.2) is 0 Å². The predicted octanol–water partition coefficient (Wildman–Crippen LogP) is 2.50. The highest BCUT2D eigenvalue weighted by Gasteiger charge is 2.38. The highest BCUT2D eigenvalue weighted by atomic mass is 35.5. The zero-order valence-corrected chi connectivity index (χ0v) is 12.6. The average molecular weight is 298 g/mol. The van der Waals surface area contributed by atoms with Crippen molar-refractivity contribution in [1.82, 2.24) is 5.32 Å². The molecule has 20 heavy (non-hydrogen) atoms. The fourth-order valence-electron chi connectivity index (χ4n) is 2.47. The van der Waals surface area contributed by atoms with Crippen molar-refractivity contribution in [2.45, 2.75) is 31.4 Å². The number of benzene rings is 1. The van der Waals surface area contributed by atoms with Crippen LogP contribution in [0.5, 0.6) is 0 Å². The first kappa shape index (κ1) is 15.3. The summed E-state index contributed by atoms with van der Waals surface area (Å²) in [4.78, 5) is 12.2. The van der Waals surface area contributed by atoms with Gasteiger partial charge in [-0.25, -0.2) is 4.79 Å². The molecule has 0 spiro atoms. The van der Waals surface area contributed by atoms with Gasteiger partial charge in [-0.1, -0.05) is 29.8 Å². The normalized spacial score (nSPS) is 21.4. The molecule has 1 aromatic carbocycles. The van der Waals surface area contributed by atoms with Crippen LogP contribution >= 0.6 is 11.6 Å². The first-order valence-electron chi connectivity index (χ1n) is 6.78. The summed E-state index contributed by atoms with van der Waals surface area (Å²) in [5.41, 5.74) is -0.259. The van der Waals surface area contributed by atoms with Crippen molar-refractivity contribution in [3.8, 4) is 0 Å². The number of ether oxygens (including phenoxy) is 2. The van der Waals surface area contributed by atoms with E-state index in [9.17, 15) is 4.79 Å². The Kier molecular flexibility index (Phi) is 5.02. The maximum Gasteiger partial charge on any atom is 0.330 e. The molecule has 0 aliphatic carbocycles. The number of carbonyl (C=O) groups excluding carboxylic acids is 1. The van der Waals surface area contributed by atoms with Crippen LogP contribution in [-0.4, -0.2) is 32.3 Å². The van der Waals surface area contributed by atoms with Crippen LogP contribution in [0.1, 0.15) is 25.3 Å². The van der Waals surface area contributed by atoms with Crippen LogP contribution in [0.2, 0.25) is 5.02 Å². The number of esters is 1. The molecule has 2 unspecified atom stereocenters. The summed E-state index contributed by atoms with van der Waals surface area (Å²) in [6.07, 6.45) is 2.21. The van der Waals surface area contributed by atoms with Gasteiger partial charge >= 0.3 is 5.97 Å². The molecule has 110 valence electrons. The van der Waals surface area contributed by atoms with Crippen molar-refractivity contribution in [3.63, 3.8) is 0 Å². The summed E-state index contributed by atoms with van der Waals surface area (Å²) in [6, 6.07) is 7.30. The topological polar surface area (TPSA) is 47.6 Å². The Balaban J connectivity index is 2.21. The minimum Gasteiger partial charge on any atom is -0.467 e. The van der Waals surface area contributed by atoms with Gasteiger partial charge in [0, 0.05) is 23.7 Å². The van der Waals surface area contributed by atoms with E-state index in [0.717, 1.165) is 19.4 Å². The summed E-state index contributed by atoms with van der Waals surface area (Å²) in [6.45, 7) is 3.17. The Hall–Kier alpha value is -1.10. The molecule has 4 nitrogen and oxygen atoms in total. The summed E-state index contributed by atoms with van der Waals surface area (Å²) >= 11 is 6.23. The number of hydrogen-bond donors (Lipinski definition) is 1. The van der Waals surface area contributed by atoms with Crippen molar-refractivity contribution in [2.24, 2.45) is 0 Å². The van der Waals surface area contributed by atoms with E-state index in [4.69, 9.17) is 21.1 Å². The molecule has 0 aromatic heterocycles. The third-order valence-electron chi connectivity index (χ3n) is 3.71. The van der Waals surface area contributed by atoms with Crippen LogP contribution in [0.4, 0.5) is 0 Å². The van der Waals surface area contributed by atoms with Crippen LogP contribution in [0.25, 0.3) is 0 Å². The number of nitrogens with one attached hydrogen (secondary N) is 1. The van der Waals surface area contributed by atoms with Gasteiger partial charge in [-0.2, -0.15) is 0 Å². The van der Waals surface area contributed by atoms with Crippen molar-refractivity contribution in [2.75, 3.05) is 20.3 Å². The van der Waals surface area contributed by atoms with Gasteiger partial charge in [0.05, 0.1) is 13.2 Å². The molecular formula is C15H20ClNO3. The maximum atomic E-state index is 12.2. The second-order valence-corrected chi connectivity index (χ2v) is 5.52. The van der Waals surface area contributed by atoms with Crippen LogP contribution in [0.15, 0.2) is 24.3 Å². The summed E-state index contributed by atoms with van der Waals surface area (Å²) in [5, 5.41) is 3.80. The quantitative estimate of drug-likeness (QED) is 0.848. The van der Waals surface area contributed by atoms with E-state index >= 15 is 0 Å². The van der Waals surface area contributed by atoms with Gasteiger partial charge < -0.3 is 9.47 Å². The second-order valence-electron chi connectivity index (χ2n) is 5.11. The van der Waals surface area contributed by atoms with Crippen molar-refractivity contribution in [3.05, 3.63) is 34.9 Å². The molecule has 1 fully saturated rings. The van der Waals surface area contributed by atoms with Crippen molar-refractivity contribution >= 4 is 17.6 Å². The standard InChI is InChI=1S/C15H20ClNO3/c1-15(14(18)19-2,12-7-3-4-8-13(12)16)17-10-11-6-5-9-20-11/h3-4,7-8,11,17H,5-6,9-10H2,1-2H3. The summed E-state index contributed by atoms with van der Waals surface area (Å²) in [7, 11) is 1.38. The number of halogens is 1. The molecule has 1 saturated heterocycles. The van der Waals surface area contributed by atoms with E-state index in [0.29, 0.717) is 17.1 Å². The zero-order chi connectivity index (χ0) is 14.6. The molecule has 0 bridgehead atoms. The highest BCUT2D eigenvalue weighted by Crippen LogP contribution is 2.29. The van der Waals surface area contributed by atoms with Crippen LogP contribution in [0.3, 0.4) is 0 Å². The lowest BCUT2D eigenvalue weighted by Gasteiger charge is -2.30. The van der Waals surface area contributed by atoms with E-state index in [-0.39, 0.29) is 12.1 Å². The zero-order valence-electron chi connectivity index (χ0n) is 11.8. The third kappa shape index (κ3) is 3.14. The van der Waals surface area contributed by atoms with Crippen LogP contribution in [0, 0.1) is 0 Å². The Bertz CT molecular complexity index is 474. The first-order chi connectivity index (χ1) is 9.58. The Morgan fingerprint density at radius 2 is 2.30 bits per heavy atom. The fourth-order valence-corrected chi connectivity index (χ4v) is 2.80. The summed E-state index contributed by atoms with van der Waals surface area (Å²) < 4.78 is 10.5. The van der Waals surface area contributed by atoms with Gasteiger partial charge in [-0.15, -0.1) is 0 Å². The molecule has 1 aliphatic rings. The monoisotopic (exact) mass is 297 g/mol. The number of methoxy groups -OCH3 is 1. The van der Waals surface area contributed by atoms with E-state index < -0.39 is 5.54 Å². The van der Waals surface area contributed by atoms with E-state index in [2.05, 4.69) is 5.32 Å². The van der Waals surface area contributed by atoms with E-state index in [1.165, 1.54) is 7.11 Å². The molecule has 0 saturated carbocycles. The predicted molar refractivity (Wildman–Crippen MR) is 77.8 cm³/mol. The highest BCUT2D eigenvalue weighted by molar-refractivity contribution is 6.31. The Morgan fingerprint density at radius 1 is 1.55 bits per heavy atom. The Labute approximate surface area is 124 Å². The first-order valence-corrected chi connectivity index (χ1v) is 7.16. The molecule has 1 N–H and O–H groups in total. The molecular weight excluding hydrogens is 278 g/mol. The molecule has 1 aromatic rings. The van der Waals surface area contributed by atoms with Crippen LogP contribution < -0.4 is 5.32 Å². The van der Waals surface area contributed by atoms with E-state index in [1.54, 1.807) is 13.0 Å². The minimum atomic E-state index is -0.973. The smallest absolute Gasteiger partial charge is 0.330 e. The van der Waals surface area contributed by atoms with Gasteiger partial charge in [0.1, 0.15) is 5.54 Å². The Morgan fingerprint density at radius 3 is 2.90 bits per heavy atom. The van der Waals surface area contributed by atoms with Gasteiger partial charge in [-0.3, -0.25) is 5.32 Å². The maximum absolute atomic E-state index is 12.2. The van der Waals surface area contributed by atoms with Gasteiger partial charge in [0.25, 0.3) is 0 Å².